The van der Waals surface area contributed by atoms with Gasteiger partial charge in [-0.15, -0.1) is 0 Å². The zero-order chi connectivity index (χ0) is 15.2. The molecule has 0 heterocycles. The number of hydrogen-bond acceptors (Lipinski definition) is 3. The van der Waals surface area contributed by atoms with Crippen molar-refractivity contribution in [3.63, 3.8) is 0 Å². The summed E-state index contributed by atoms with van der Waals surface area (Å²) in [7, 11) is 0. The van der Waals surface area contributed by atoms with E-state index in [-0.39, 0.29) is 23.3 Å². The summed E-state index contributed by atoms with van der Waals surface area (Å²) in [6.45, 7) is 0.317. The molecular weight excluding hydrogens is 288 g/mol. The van der Waals surface area contributed by atoms with E-state index in [2.05, 4.69) is 5.32 Å². The summed E-state index contributed by atoms with van der Waals surface area (Å²) in [6.07, 6.45) is 0.638. The average Bonchev–Trinajstić information content (AvgIpc) is 2.50. The lowest BCUT2D eigenvalue weighted by Crippen LogP contribution is -2.41. The Morgan fingerprint density at radius 2 is 1.95 bits per heavy atom. The third-order valence-electron chi connectivity index (χ3n) is 3.14. The molecule has 0 radical (unpaired) electrons. The molecule has 1 atom stereocenters. The average molecular weight is 305 g/mol. The minimum atomic E-state index is -0.345. The second kappa shape index (κ2) is 7.11. The molecule has 4 N–H and O–H groups in total. The number of amides is 1. The van der Waals surface area contributed by atoms with E-state index in [9.17, 15) is 9.90 Å². The van der Waals surface area contributed by atoms with Gasteiger partial charge in [-0.2, -0.15) is 0 Å². The summed E-state index contributed by atoms with van der Waals surface area (Å²) in [5.74, 6) is -0.348. The van der Waals surface area contributed by atoms with E-state index in [1.165, 1.54) is 18.2 Å². The normalized spacial score (nSPS) is 11.9. The van der Waals surface area contributed by atoms with Crippen molar-refractivity contribution in [2.75, 3.05) is 6.54 Å². The van der Waals surface area contributed by atoms with Crippen molar-refractivity contribution >= 4 is 17.5 Å². The van der Waals surface area contributed by atoms with E-state index < -0.39 is 0 Å². The molecule has 0 bridgehead atoms. The van der Waals surface area contributed by atoms with E-state index in [1.54, 1.807) is 0 Å². The second-order valence-electron chi connectivity index (χ2n) is 4.76. The predicted molar refractivity (Wildman–Crippen MR) is 83.6 cm³/mol. The van der Waals surface area contributed by atoms with Crippen LogP contribution in [0.1, 0.15) is 15.9 Å². The molecule has 5 heteroatoms. The number of nitrogens with two attached hydrogens (primary N) is 1. The Morgan fingerprint density at radius 1 is 1.24 bits per heavy atom. The SMILES string of the molecule is NCC(Cc1ccccc1)NC(=O)c1cc(O)ccc1Cl. The number of hydrogen-bond donors (Lipinski definition) is 3. The lowest BCUT2D eigenvalue weighted by atomic mass is 10.1. The summed E-state index contributed by atoms with van der Waals surface area (Å²) in [5.41, 5.74) is 7.05. The van der Waals surface area contributed by atoms with Crippen LogP contribution in [0.3, 0.4) is 0 Å². The van der Waals surface area contributed by atoms with Crippen molar-refractivity contribution in [2.45, 2.75) is 12.5 Å². The molecule has 0 aliphatic heterocycles. The maximum atomic E-state index is 12.2. The quantitative estimate of drug-likeness (QED) is 0.793. The van der Waals surface area contributed by atoms with Gasteiger partial charge in [0.15, 0.2) is 0 Å². The smallest absolute Gasteiger partial charge is 0.253 e. The molecule has 4 nitrogen and oxygen atoms in total. The van der Waals surface area contributed by atoms with E-state index >= 15 is 0 Å². The number of carbonyl (C=O) groups excluding carboxylic acids is 1. The molecule has 2 aromatic carbocycles. The van der Waals surface area contributed by atoms with E-state index in [1.807, 2.05) is 30.3 Å². The third kappa shape index (κ3) is 4.21. The van der Waals surface area contributed by atoms with E-state index in [4.69, 9.17) is 17.3 Å². The number of halogens is 1. The molecule has 0 saturated carbocycles. The van der Waals surface area contributed by atoms with Crippen LogP contribution in [0.5, 0.6) is 5.75 Å². The van der Waals surface area contributed by atoms with E-state index in [0.29, 0.717) is 18.0 Å². The maximum Gasteiger partial charge on any atom is 0.253 e. The van der Waals surface area contributed by atoms with Crippen LogP contribution in [0.4, 0.5) is 0 Å². The summed E-state index contributed by atoms with van der Waals surface area (Å²) in [6, 6.07) is 13.8. The maximum absolute atomic E-state index is 12.2. The molecular formula is C16H17ClN2O2. The first-order chi connectivity index (χ1) is 10.1. The van der Waals surface area contributed by atoms with Gasteiger partial charge in [-0.1, -0.05) is 41.9 Å². The van der Waals surface area contributed by atoms with Gasteiger partial charge in [-0.25, -0.2) is 0 Å². The minimum Gasteiger partial charge on any atom is -0.508 e. The van der Waals surface area contributed by atoms with Crippen LogP contribution in [-0.2, 0) is 6.42 Å². The fourth-order valence-electron chi connectivity index (χ4n) is 2.04. The van der Waals surface area contributed by atoms with Gasteiger partial charge in [-0.05, 0) is 30.2 Å². The third-order valence-corrected chi connectivity index (χ3v) is 3.47. The van der Waals surface area contributed by atoms with Crippen molar-refractivity contribution in [3.05, 3.63) is 64.7 Å². The lowest BCUT2D eigenvalue weighted by molar-refractivity contribution is 0.0938. The molecule has 1 amide bonds. The molecule has 21 heavy (non-hydrogen) atoms. The van der Waals surface area contributed by atoms with Gasteiger partial charge in [0.1, 0.15) is 5.75 Å². The highest BCUT2D eigenvalue weighted by Gasteiger charge is 2.16. The Balaban J connectivity index is 2.07. The number of nitrogens with one attached hydrogen (secondary N) is 1. The Bertz CT molecular complexity index is 617. The van der Waals surface area contributed by atoms with Crippen LogP contribution in [0.25, 0.3) is 0 Å². The Labute approximate surface area is 128 Å². The standard InChI is InChI=1S/C16H17ClN2O2/c17-15-7-6-13(20)9-14(15)16(21)19-12(10-18)8-11-4-2-1-3-5-11/h1-7,9,12,20H,8,10,18H2,(H,19,21). The second-order valence-corrected chi connectivity index (χ2v) is 5.17. The first-order valence-corrected chi connectivity index (χ1v) is 7.01. The number of phenolic OH excluding ortho intramolecular Hbond substituents is 1. The Morgan fingerprint density at radius 3 is 2.62 bits per heavy atom. The summed E-state index contributed by atoms with van der Waals surface area (Å²) < 4.78 is 0. The molecule has 0 fully saturated rings. The highest BCUT2D eigenvalue weighted by molar-refractivity contribution is 6.33. The number of aromatic hydroxyl groups is 1. The molecule has 0 aliphatic carbocycles. The topological polar surface area (TPSA) is 75.3 Å². The van der Waals surface area contributed by atoms with Crippen molar-refractivity contribution in [1.82, 2.24) is 5.32 Å². The summed E-state index contributed by atoms with van der Waals surface area (Å²) >= 11 is 5.97. The van der Waals surface area contributed by atoms with Crippen molar-refractivity contribution in [3.8, 4) is 5.75 Å². The molecule has 0 saturated heterocycles. The summed E-state index contributed by atoms with van der Waals surface area (Å²) in [5, 5.41) is 12.6. The molecule has 1 unspecified atom stereocenters. The first kappa shape index (κ1) is 15.4. The molecule has 2 rings (SSSR count). The van der Waals surface area contributed by atoms with Crippen LogP contribution in [0.2, 0.25) is 5.02 Å². The number of phenols is 1. The monoisotopic (exact) mass is 304 g/mol. The number of carbonyl (C=O) groups is 1. The van der Waals surface area contributed by atoms with Crippen LogP contribution >= 0.6 is 11.6 Å². The highest BCUT2D eigenvalue weighted by Crippen LogP contribution is 2.21. The molecule has 0 spiro atoms. The minimum absolute atomic E-state index is 0.00286. The Kier molecular flexibility index (Phi) is 5.20. The van der Waals surface area contributed by atoms with Crippen molar-refractivity contribution in [1.29, 1.82) is 0 Å². The van der Waals surface area contributed by atoms with Gasteiger partial charge in [-0.3, -0.25) is 4.79 Å². The fourth-order valence-corrected chi connectivity index (χ4v) is 2.25. The van der Waals surface area contributed by atoms with Gasteiger partial charge >= 0.3 is 0 Å². The van der Waals surface area contributed by atoms with Crippen LogP contribution in [0, 0.1) is 0 Å². The lowest BCUT2D eigenvalue weighted by Gasteiger charge is -2.17. The van der Waals surface area contributed by atoms with Gasteiger partial charge < -0.3 is 16.2 Å². The predicted octanol–water partition coefficient (Wildman–Crippen LogP) is 2.35. The highest BCUT2D eigenvalue weighted by atomic mass is 35.5. The fraction of sp³-hybridized carbons (Fsp3) is 0.188. The van der Waals surface area contributed by atoms with Crippen molar-refractivity contribution < 1.29 is 9.90 Å². The number of rotatable bonds is 5. The van der Waals surface area contributed by atoms with Crippen LogP contribution < -0.4 is 11.1 Å². The van der Waals surface area contributed by atoms with Gasteiger partial charge in [0.05, 0.1) is 10.6 Å². The van der Waals surface area contributed by atoms with E-state index in [0.717, 1.165) is 5.56 Å². The molecule has 0 aliphatic rings. The van der Waals surface area contributed by atoms with Crippen LogP contribution in [-0.4, -0.2) is 23.6 Å². The Hall–Kier alpha value is -2.04. The zero-order valence-corrected chi connectivity index (χ0v) is 12.2. The molecule has 0 aromatic heterocycles. The van der Waals surface area contributed by atoms with Crippen molar-refractivity contribution in [2.24, 2.45) is 5.73 Å². The first-order valence-electron chi connectivity index (χ1n) is 6.63. The number of benzene rings is 2. The van der Waals surface area contributed by atoms with Crippen LogP contribution in [0.15, 0.2) is 48.5 Å². The summed E-state index contributed by atoms with van der Waals surface area (Å²) in [4.78, 5) is 12.2. The van der Waals surface area contributed by atoms with Gasteiger partial charge in [0.25, 0.3) is 5.91 Å². The van der Waals surface area contributed by atoms with Gasteiger partial charge in [0.2, 0.25) is 0 Å². The molecule has 2 aromatic rings. The van der Waals surface area contributed by atoms with Gasteiger partial charge in [0, 0.05) is 12.6 Å². The largest absolute Gasteiger partial charge is 0.508 e. The zero-order valence-electron chi connectivity index (χ0n) is 11.4. The molecule has 110 valence electrons.